The highest BCUT2D eigenvalue weighted by Gasteiger charge is 2.25. The number of hydrogen-bond acceptors (Lipinski definition) is 5. The van der Waals surface area contributed by atoms with E-state index in [0.29, 0.717) is 13.0 Å². The zero-order valence-corrected chi connectivity index (χ0v) is 13.1. The Morgan fingerprint density at radius 3 is 2.87 bits per heavy atom. The number of benzene rings is 1. The fourth-order valence-corrected chi connectivity index (χ4v) is 3.62. The predicted octanol–water partition coefficient (Wildman–Crippen LogP) is 1.50. The molecule has 0 radical (unpaired) electrons. The minimum absolute atomic E-state index is 0.0440. The topological polar surface area (TPSA) is 85.4 Å². The van der Waals surface area contributed by atoms with Crippen LogP contribution in [0.2, 0.25) is 0 Å². The molecule has 1 aromatic carbocycles. The molecule has 1 N–H and O–H groups in total. The van der Waals surface area contributed by atoms with Crippen molar-refractivity contribution in [3.8, 4) is 5.75 Å². The summed E-state index contributed by atoms with van der Waals surface area (Å²) in [5, 5.41) is 2.78. The Kier molecular flexibility index (Phi) is 4.29. The van der Waals surface area contributed by atoms with Crippen molar-refractivity contribution in [2.75, 3.05) is 12.4 Å². The summed E-state index contributed by atoms with van der Waals surface area (Å²) in [5.74, 6) is -0.409. The summed E-state index contributed by atoms with van der Waals surface area (Å²) >= 11 is 0. The van der Waals surface area contributed by atoms with Gasteiger partial charge < -0.3 is 10.1 Å². The van der Waals surface area contributed by atoms with Crippen LogP contribution in [0.4, 0.5) is 0 Å². The van der Waals surface area contributed by atoms with E-state index < -0.39 is 21.5 Å². The molecule has 1 unspecified atom stereocenters. The van der Waals surface area contributed by atoms with Crippen LogP contribution in [0, 0.1) is 0 Å². The third kappa shape index (κ3) is 3.50. The summed E-state index contributed by atoms with van der Waals surface area (Å²) in [6.07, 6.45) is 3.33. The quantitative estimate of drug-likeness (QED) is 0.917. The van der Waals surface area contributed by atoms with E-state index >= 15 is 0 Å². The molecule has 1 atom stereocenters. The number of ether oxygens (including phenoxy) is 1. The number of aromatic nitrogens is 1. The summed E-state index contributed by atoms with van der Waals surface area (Å²) in [6.45, 7) is 0.483. The maximum absolute atomic E-state index is 12.2. The van der Waals surface area contributed by atoms with Crippen LogP contribution in [-0.2, 0) is 14.6 Å². The molecule has 0 saturated heterocycles. The number of carbonyl (C=O) groups is 1. The van der Waals surface area contributed by atoms with Crippen molar-refractivity contribution in [2.45, 2.75) is 17.4 Å². The lowest BCUT2D eigenvalue weighted by molar-refractivity contribution is -0.119. The molecule has 2 aromatic rings. The van der Waals surface area contributed by atoms with Crippen LogP contribution < -0.4 is 10.1 Å². The second-order valence-corrected chi connectivity index (χ2v) is 7.23. The van der Waals surface area contributed by atoms with E-state index in [9.17, 15) is 13.2 Å². The molecule has 6 nitrogen and oxygen atoms in total. The molecular weight excluding hydrogens is 316 g/mol. The fraction of sp³-hybridized carbons (Fsp3) is 0.250. The lowest BCUT2D eigenvalue weighted by Crippen LogP contribution is -2.36. The van der Waals surface area contributed by atoms with Crippen LogP contribution in [0.15, 0.2) is 53.7 Å². The Morgan fingerprint density at radius 1 is 1.26 bits per heavy atom. The summed E-state index contributed by atoms with van der Waals surface area (Å²) in [5.41, 5.74) is 0.867. The minimum Gasteiger partial charge on any atom is -0.493 e. The van der Waals surface area contributed by atoms with E-state index in [0.717, 1.165) is 11.3 Å². The Bertz CT molecular complexity index is 806. The van der Waals surface area contributed by atoms with Gasteiger partial charge in [0.2, 0.25) is 5.91 Å². The maximum Gasteiger partial charge on any atom is 0.236 e. The molecular formula is C16H16N2O4S. The summed E-state index contributed by atoms with van der Waals surface area (Å²) in [6, 6.07) is 10.1. The fourth-order valence-electron chi connectivity index (χ4n) is 2.51. The maximum atomic E-state index is 12.2. The van der Waals surface area contributed by atoms with Crippen molar-refractivity contribution in [1.82, 2.24) is 10.3 Å². The van der Waals surface area contributed by atoms with E-state index in [1.54, 1.807) is 0 Å². The number of nitrogens with zero attached hydrogens (tertiary/aromatic N) is 1. The zero-order chi connectivity index (χ0) is 16.3. The molecule has 0 spiro atoms. The lowest BCUT2D eigenvalue weighted by Gasteiger charge is -2.26. The summed E-state index contributed by atoms with van der Waals surface area (Å²) < 4.78 is 29.9. The van der Waals surface area contributed by atoms with Crippen molar-refractivity contribution in [2.24, 2.45) is 0 Å². The number of hydrogen-bond donors (Lipinski definition) is 1. The molecule has 1 aliphatic rings. The van der Waals surface area contributed by atoms with Crippen molar-refractivity contribution in [1.29, 1.82) is 0 Å². The zero-order valence-electron chi connectivity index (χ0n) is 12.3. The van der Waals surface area contributed by atoms with E-state index in [1.807, 2.05) is 24.3 Å². The van der Waals surface area contributed by atoms with Crippen molar-refractivity contribution in [3.63, 3.8) is 0 Å². The normalized spacial score (nSPS) is 17.0. The molecule has 1 amide bonds. The van der Waals surface area contributed by atoms with E-state index in [2.05, 4.69) is 10.3 Å². The van der Waals surface area contributed by atoms with Crippen LogP contribution in [0.3, 0.4) is 0 Å². The molecule has 0 fully saturated rings. The molecule has 3 rings (SSSR count). The number of rotatable bonds is 4. The molecule has 0 bridgehead atoms. The number of amides is 1. The monoisotopic (exact) mass is 332 g/mol. The first kappa shape index (κ1) is 15.5. The summed E-state index contributed by atoms with van der Waals surface area (Å²) in [7, 11) is -3.69. The third-order valence-electron chi connectivity index (χ3n) is 3.61. The van der Waals surface area contributed by atoms with E-state index in [-0.39, 0.29) is 10.9 Å². The van der Waals surface area contributed by atoms with Gasteiger partial charge in [0, 0.05) is 24.4 Å². The Labute approximate surface area is 134 Å². The largest absolute Gasteiger partial charge is 0.493 e. The van der Waals surface area contributed by atoms with Crippen molar-refractivity contribution >= 4 is 15.7 Å². The number of nitrogens with one attached hydrogen (secondary N) is 1. The third-order valence-corrected chi connectivity index (χ3v) is 5.21. The van der Waals surface area contributed by atoms with Gasteiger partial charge in [0.15, 0.2) is 9.84 Å². The van der Waals surface area contributed by atoms with Gasteiger partial charge in [-0.15, -0.1) is 0 Å². The summed E-state index contributed by atoms with van der Waals surface area (Å²) in [4.78, 5) is 16.0. The van der Waals surface area contributed by atoms with Gasteiger partial charge in [-0.1, -0.05) is 18.2 Å². The van der Waals surface area contributed by atoms with Crippen LogP contribution in [0.1, 0.15) is 18.0 Å². The van der Waals surface area contributed by atoms with Gasteiger partial charge in [-0.25, -0.2) is 8.42 Å². The number of fused-ring (bicyclic) bond motifs is 1. The van der Waals surface area contributed by atoms with Crippen LogP contribution in [-0.4, -0.2) is 31.7 Å². The Hall–Kier alpha value is -2.41. The Morgan fingerprint density at radius 2 is 2.09 bits per heavy atom. The molecule has 7 heteroatoms. The predicted molar refractivity (Wildman–Crippen MR) is 83.7 cm³/mol. The van der Waals surface area contributed by atoms with Gasteiger partial charge in [0.05, 0.1) is 17.5 Å². The molecule has 120 valence electrons. The van der Waals surface area contributed by atoms with Gasteiger partial charge in [-0.3, -0.25) is 9.78 Å². The second kappa shape index (κ2) is 6.37. The molecule has 1 aromatic heterocycles. The lowest BCUT2D eigenvalue weighted by atomic mass is 10.0. The van der Waals surface area contributed by atoms with Gasteiger partial charge in [-0.05, 0) is 18.2 Å². The van der Waals surface area contributed by atoms with Crippen LogP contribution in [0.5, 0.6) is 5.75 Å². The standard InChI is InChI=1S/C16H16N2O4S/c19-16(11-23(20,21)12-4-3-8-17-10-12)18-14-7-9-22-15-6-2-1-5-13(14)15/h1-6,8,10,14H,7,9,11H2,(H,18,19). The van der Waals surface area contributed by atoms with Crippen molar-refractivity contribution < 1.29 is 17.9 Å². The molecule has 23 heavy (non-hydrogen) atoms. The average molecular weight is 332 g/mol. The van der Waals surface area contributed by atoms with Crippen LogP contribution >= 0.6 is 0 Å². The van der Waals surface area contributed by atoms with Gasteiger partial charge in [0.1, 0.15) is 11.5 Å². The number of pyridine rings is 1. The van der Waals surface area contributed by atoms with Crippen molar-refractivity contribution in [3.05, 3.63) is 54.4 Å². The molecule has 1 aliphatic heterocycles. The number of para-hydroxylation sites is 1. The first-order chi connectivity index (χ1) is 11.1. The molecule has 0 saturated carbocycles. The second-order valence-electron chi connectivity index (χ2n) is 5.24. The minimum atomic E-state index is -3.69. The molecule has 2 heterocycles. The highest BCUT2D eigenvalue weighted by atomic mass is 32.2. The average Bonchev–Trinajstić information content (AvgIpc) is 2.55. The smallest absolute Gasteiger partial charge is 0.236 e. The van der Waals surface area contributed by atoms with Gasteiger partial charge in [-0.2, -0.15) is 0 Å². The highest BCUT2D eigenvalue weighted by molar-refractivity contribution is 7.92. The van der Waals surface area contributed by atoms with E-state index in [1.165, 1.54) is 24.5 Å². The Balaban J connectivity index is 1.71. The van der Waals surface area contributed by atoms with Gasteiger partial charge >= 0.3 is 0 Å². The number of carbonyl (C=O) groups excluding carboxylic acids is 1. The highest BCUT2D eigenvalue weighted by Crippen LogP contribution is 2.31. The van der Waals surface area contributed by atoms with Crippen LogP contribution in [0.25, 0.3) is 0 Å². The SMILES string of the molecule is O=C(CS(=O)(=O)c1cccnc1)NC1CCOc2ccccc21. The number of sulfone groups is 1. The first-order valence-corrected chi connectivity index (χ1v) is 8.85. The first-order valence-electron chi connectivity index (χ1n) is 7.20. The van der Waals surface area contributed by atoms with E-state index in [4.69, 9.17) is 4.74 Å². The molecule has 0 aliphatic carbocycles. The van der Waals surface area contributed by atoms with Gasteiger partial charge in [0.25, 0.3) is 0 Å².